The number of likely N-dealkylation sites (tertiary alicyclic amines) is 1. The Balaban J connectivity index is 1.35. The van der Waals surface area contributed by atoms with E-state index in [9.17, 15) is 4.79 Å². The van der Waals surface area contributed by atoms with E-state index in [1.165, 1.54) is 5.56 Å². The van der Waals surface area contributed by atoms with Gasteiger partial charge in [0.1, 0.15) is 5.82 Å². The normalized spacial score (nSPS) is 18.1. The Labute approximate surface area is 164 Å². The summed E-state index contributed by atoms with van der Waals surface area (Å²) in [6.45, 7) is 3.00. The molecule has 1 amide bonds. The molecule has 4 nitrogen and oxygen atoms in total. The zero-order valence-corrected chi connectivity index (χ0v) is 16.4. The van der Waals surface area contributed by atoms with Gasteiger partial charge >= 0.3 is 0 Å². The number of carbonyl (C=O) groups excluding carboxylic acids is 1. The number of H-pyrrole nitrogens is 1. The van der Waals surface area contributed by atoms with Crippen LogP contribution in [0.5, 0.6) is 0 Å². The summed E-state index contributed by atoms with van der Waals surface area (Å²) in [7, 11) is 0. The highest BCUT2D eigenvalue weighted by Crippen LogP contribution is 2.29. The van der Waals surface area contributed by atoms with Crippen LogP contribution in [0, 0.1) is 0 Å². The number of nitrogens with zero attached hydrogens (tertiary/aromatic N) is 2. The number of nitrogens with one attached hydrogen (secondary N) is 1. The van der Waals surface area contributed by atoms with Crippen molar-refractivity contribution >= 4 is 28.7 Å². The van der Waals surface area contributed by atoms with Gasteiger partial charge in [0, 0.05) is 12.6 Å². The van der Waals surface area contributed by atoms with Gasteiger partial charge in [-0.15, -0.1) is 11.8 Å². The minimum atomic E-state index is 0.163. The molecule has 3 aromatic rings. The highest BCUT2D eigenvalue weighted by Gasteiger charge is 2.29. The molecule has 0 bridgehead atoms. The summed E-state index contributed by atoms with van der Waals surface area (Å²) in [6.07, 6.45) is 3.16. The van der Waals surface area contributed by atoms with E-state index in [0.717, 1.165) is 42.7 Å². The van der Waals surface area contributed by atoms with E-state index in [0.29, 0.717) is 11.8 Å². The van der Waals surface area contributed by atoms with Gasteiger partial charge in [0.25, 0.3) is 0 Å². The van der Waals surface area contributed by atoms with Crippen LogP contribution in [0.4, 0.5) is 0 Å². The Kier molecular flexibility index (Phi) is 5.48. The third-order valence-corrected chi connectivity index (χ3v) is 6.40. The van der Waals surface area contributed by atoms with Crippen LogP contribution in [0.2, 0.25) is 0 Å². The van der Waals surface area contributed by atoms with E-state index in [-0.39, 0.29) is 11.2 Å². The second-order valence-electron chi connectivity index (χ2n) is 7.17. The number of fused-ring (bicyclic) bond motifs is 1. The molecule has 27 heavy (non-hydrogen) atoms. The van der Waals surface area contributed by atoms with Gasteiger partial charge in [-0.25, -0.2) is 4.98 Å². The minimum absolute atomic E-state index is 0.163. The van der Waals surface area contributed by atoms with Gasteiger partial charge in [-0.05, 0) is 43.9 Å². The Hall–Kier alpha value is -2.27. The number of carbonyl (C=O) groups is 1. The molecule has 1 fully saturated rings. The molecule has 0 spiro atoms. The smallest absolute Gasteiger partial charge is 0.232 e. The standard InChI is InChI=1S/C22H25N3OS/c1-16(22-23-19-11-5-6-12-20(19)24-22)27-15-21(26)25-13-7-10-18(25)14-17-8-3-2-4-9-17/h2-6,8-9,11-12,16,18H,7,10,13-15H2,1H3,(H,23,24). The number of amides is 1. The lowest BCUT2D eigenvalue weighted by Gasteiger charge is -2.25. The number of thioether (sulfide) groups is 1. The maximum absolute atomic E-state index is 12.8. The monoisotopic (exact) mass is 379 g/mol. The van der Waals surface area contributed by atoms with Crippen LogP contribution in [0.25, 0.3) is 11.0 Å². The predicted molar refractivity (Wildman–Crippen MR) is 112 cm³/mol. The summed E-state index contributed by atoms with van der Waals surface area (Å²) < 4.78 is 0. The van der Waals surface area contributed by atoms with Gasteiger partial charge in [-0.1, -0.05) is 42.5 Å². The summed E-state index contributed by atoms with van der Waals surface area (Å²) in [5, 5.41) is 0.163. The number of rotatable bonds is 6. The van der Waals surface area contributed by atoms with Crippen molar-refractivity contribution in [2.75, 3.05) is 12.3 Å². The van der Waals surface area contributed by atoms with Crippen molar-refractivity contribution in [1.29, 1.82) is 0 Å². The number of hydrogen-bond donors (Lipinski definition) is 1. The average Bonchev–Trinajstić information content (AvgIpc) is 3.33. The lowest BCUT2D eigenvalue weighted by molar-refractivity contribution is -0.129. The van der Waals surface area contributed by atoms with E-state index in [1.54, 1.807) is 11.8 Å². The Morgan fingerprint density at radius 1 is 1.22 bits per heavy atom. The molecule has 1 aromatic heterocycles. The molecule has 5 heteroatoms. The summed E-state index contributed by atoms with van der Waals surface area (Å²) >= 11 is 1.66. The first-order valence-corrected chi connectivity index (χ1v) is 10.7. The first kappa shape index (κ1) is 18.1. The molecule has 1 aliphatic rings. The SMILES string of the molecule is CC(SCC(=O)N1CCCC1Cc1ccccc1)c1nc2ccccc2[nH]1. The third kappa shape index (κ3) is 4.19. The predicted octanol–water partition coefficient (Wildman–Crippen LogP) is 4.59. The number of aromatic nitrogens is 2. The van der Waals surface area contributed by atoms with Gasteiger partial charge in [-0.2, -0.15) is 0 Å². The Morgan fingerprint density at radius 2 is 2.00 bits per heavy atom. The molecule has 2 aromatic carbocycles. The lowest BCUT2D eigenvalue weighted by Crippen LogP contribution is -2.38. The van der Waals surface area contributed by atoms with E-state index < -0.39 is 0 Å². The van der Waals surface area contributed by atoms with Crippen LogP contribution in [0.3, 0.4) is 0 Å². The Bertz CT molecular complexity index is 875. The highest BCUT2D eigenvalue weighted by atomic mass is 32.2. The van der Waals surface area contributed by atoms with Crippen LogP contribution in [-0.4, -0.2) is 39.1 Å². The molecule has 1 saturated heterocycles. The van der Waals surface area contributed by atoms with Crippen molar-refractivity contribution in [3.8, 4) is 0 Å². The molecule has 140 valence electrons. The van der Waals surface area contributed by atoms with Gasteiger partial charge in [-0.3, -0.25) is 4.79 Å². The van der Waals surface area contributed by atoms with Crippen LogP contribution < -0.4 is 0 Å². The average molecular weight is 380 g/mol. The summed E-state index contributed by atoms with van der Waals surface area (Å²) in [5.74, 6) is 1.70. The molecule has 2 heterocycles. The largest absolute Gasteiger partial charge is 0.341 e. The van der Waals surface area contributed by atoms with Crippen LogP contribution in [0.1, 0.15) is 36.4 Å². The first-order chi connectivity index (χ1) is 13.2. The van der Waals surface area contributed by atoms with Crippen molar-refractivity contribution in [3.05, 3.63) is 66.0 Å². The molecule has 1 N–H and O–H groups in total. The topological polar surface area (TPSA) is 49.0 Å². The molecule has 1 aliphatic heterocycles. The Morgan fingerprint density at radius 3 is 2.81 bits per heavy atom. The molecule has 2 atom stereocenters. The summed E-state index contributed by atoms with van der Waals surface area (Å²) in [4.78, 5) is 22.9. The first-order valence-electron chi connectivity index (χ1n) is 9.60. The van der Waals surface area contributed by atoms with Crippen molar-refractivity contribution in [2.24, 2.45) is 0 Å². The molecular formula is C22H25N3OS. The fourth-order valence-corrected chi connectivity index (χ4v) is 4.61. The summed E-state index contributed by atoms with van der Waals surface area (Å²) in [5.41, 5.74) is 3.34. The number of hydrogen-bond acceptors (Lipinski definition) is 3. The fourth-order valence-electron chi connectivity index (χ4n) is 3.79. The molecule has 0 aliphatic carbocycles. The van der Waals surface area contributed by atoms with Crippen molar-refractivity contribution in [3.63, 3.8) is 0 Å². The van der Waals surface area contributed by atoms with Gasteiger partial charge in [0.2, 0.25) is 5.91 Å². The zero-order chi connectivity index (χ0) is 18.6. The van der Waals surface area contributed by atoms with E-state index in [2.05, 4.69) is 46.1 Å². The number of aromatic amines is 1. The molecule has 2 unspecified atom stereocenters. The number of para-hydroxylation sites is 2. The quantitative estimate of drug-likeness (QED) is 0.681. The molecule has 4 rings (SSSR count). The maximum Gasteiger partial charge on any atom is 0.232 e. The highest BCUT2D eigenvalue weighted by molar-refractivity contribution is 8.00. The molecule has 0 saturated carbocycles. The van der Waals surface area contributed by atoms with Crippen LogP contribution in [0.15, 0.2) is 54.6 Å². The van der Waals surface area contributed by atoms with Gasteiger partial charge in [0.15, 0.2) is 0 Å². The number of imidazole rings is 1. The van der Waals surface area contributed by atoms with E-state index >= 15 is 0 Å². The summed E-state index contributed by atoms with van der Waals surface area (Å²) in [6, 6.07) is 18.9. The van der Waals surface area contributed by atoms with Gasteiger partial charge < -0.3 is 9.88 Å². The van der Waals surface area contributed by atoms with Crippen molar-refractivity contribution in [2.45, 2.75) is 37.5 Å². The van der Waals surface area contributed by atoms with E-state index in [1.807, 2.05) is 30.3 Å². The minimum Gasteiger partial charge on any atom is -0.341 e. The third-order valence-electron chi connectivity index (χ3n) is 5.26. The van der Waals surface area contributed by atoms with Gasteiger partial charge in [0.05, 0.1) is 22.0 Å². The van der Waals surface area contributed by atoms with Crippen LogP contribution >= 0.6 is 11.8 Å². The van der Waals surface area contributed by atoms with Crippen molar-refractivity contribution < 1.29 is 4.79 Å². The zero-order valence-electron chi connectivity index (χ0n) is 15.6. The molecular weight excluding hydrogens is 354 g/mol. The second kappa shape index (κ2) is 8.17. The fraction of sp³-hybridized carbons (Fsp3) is 0.364. The lowest BCUT2D eigenvalue weighted by atomic mass is 10.0. The van der Waals surface area contributed by atoms with Crippen molar-refractivity contribution in [1.82, 2.24) is 14.9 Å². The van der Waals surface area contributed by atoms with E-state index in [4.69, 9.17) is 0 Å². The van der Waals surface area contributed by atoms with Crippen LogP contribution in [-0.2, 0) is 11.2 Å². The number of benzene rings is 2. The maximum atomic E-state index is 12.8. The molecule has 0 radical (unpaired) electrons. The second-order valence-corrected chi connectivity index (χ2v) is 8.49.